The lowest BCUT2D eigenvalue weighted by atomic mass is 10.1. The maximum Gasteiger partial charge on any atom is 0.338 e. The lowest BCUT2D eigenvalue weighted by molar-refractivity contribution is 0.272. The van der Waals surface area contributed by atoms with Crippen molar-refractivity contribution in [2.24, 2.45) is 0 Å². The van der Waals surface area contributed by atoms with Gasteiger partial charge in [0.1, 0.15) is 0 Å². The Kier molecular flexibility index (Phi) is 5.34. The van der Waals surface area contributed by atoms with Crippen LogP contribution in [0.5, 0.6) is 5.88 Å². The Morgan fingerprint density at radius 2 is 1.50 bits per heavy atom. The van der Waals surface area contributed by atoms with Gasteiger partial charge in [-0.1, -0.05) is 48.5 Å². The Bertz CT molecular complexity index is 992. The molecule has 0 aliphatic carbocycles. The van der Waals surface area contributed by atoms with Crippen molar-refractivity contribution >= 4 is 0 Å². The minimum atomic E-state index is -0.621. The van der Waals surface area contributed by atoms with Crippen molar-refractivity contribution in [3.05, 3.63) is 92.6 Å². The van der Waals surface area contributed by atoms with Crippen LogP contribution in [0.1, 0.15) is 17.5 Å². The van der Waals surface area contributed by atoms with Crippen molar-refractivity contribution in [2.75, 3.05) is 6.61 Å². The molecule has 26 heavy (non-hydrogen) atoms. The van der Waals surface area contributed by atoms with Gasteiger partial charge in [0.25, 0.3) is 5.56 Å². The van der Waals surface area contributed by atoms with Crippen LogP contribution in [0.3, 0.4) is 0 Å². The molecule has 0 spiro atoms. The van der Waals surface area contributed by atoms with Crippen LogP contribution in [0.4, 0.5) is 0 Å². The molecule has 3 aromatic rings. The quantitative estimate of drug-likeness (QED) is 0.707. The molecule has 0 amide bonds. The van der Waals surface area contributed by atoms with Crippen molar-refractivity contribution < 1.29 is 10.2 Å². The van der Waals surface area contributed by atoms with Gasteiger partial charge in [-0.2, -0.15) is 0 Å². The van der Waals surface area contributed by atoms with Gasteiger partial charge in [-0.3, -0.25) is 9.36 Å². The van der Waals surface area contributed by atoms with Crippen LogP contribution in [-0.4, -0.2) is 26.0 Å². The van der Waals surface area contributed by atoms with Crippen LogP contribution >= 0.6 is 0 Å². The first-order chi connectivity index (χ1) is 12.6. The molecular weight excluding hydrogens is 332 g/mol. The van der Waals surface area contributed by atoms with E-state index < -0.39 is 11.2 Å². The Morgan fingerprint density at radius 3 is 2.12 bits per heavy atom. The average molecular weight is 352 g/mol. The number of hydrogen-bond acceptors (Lipinski definition) is 4. The molecule has 3 rings (SSSR count). The van der Waals surface area contributed by atoms with Crippen molar-refractivity contribution in [3.8, 4) is 11.6 Å². The largest absolute Gasteiger partial charge is 0.494 e. The summed E-state index contributed by atoms with van der Waals surface area (Å²) < 4.78 is 2.21. The lowest BCUT2D eigenvalue weighted by Gasteiger charge is -2.15. The molecule has 6 nitrogen and oxygen atoms in total. The number of para-hydroxylation sites is 1. The van der Waals surface area contributed by atoms with Gasteiger partial charge in [0.15, 0.2) is 0 Å². The normalized spacial score (nSPS) is 10.8. The number of aliphatic hydroxyl groups is 1. The van der Waals surface area contributed by atoms with Gasteiger partial charge in [-0.15, -0.1) is 0 Å². The molecule has 0 aliphatic heterocycles. The molecule has 2 aromatic carbocycles. The highest BCUT2D eigenvalue weighted by Gasteiger charge is 2.19. The average Bonchev–Trinajstić information content (AvgIpc) is 2.67. The second-order valence-electron chi connectivity index (χ2n) is 5.95. The van der Waals surface area contributed by atoms with E-state index in [0.717, 1.165) is 14.7 Å². The van der Waals surface area contributed by atoms with Crippen LogP contribution in [0, 0.1) is 0 Å². The van der Waals surface area contributed by atoms with Gasteiger partial charge in [-0.05, 0) is 24.1 Å². The second kappa shape index (κ2) is 7.84. The molecule has 6 heteroatoms. The first-order valence-corrected chi connectivity index (χ1v) is 8.41. The minimum Gasteiger partial charge on any atom is -0.494 e. The van der Waals surface area contributed by atoms with Gasteiger partial charge < -0.3 is 10.2 Å². The molecule has 0 bridgehead atoms. The summed E-state index contributed by atoms with van der Waals surface area (Å²) in [6.07, 6.45) is 0.503. The van der Waals surface area contributed by atoms with Crippen LogP contribution in [0.2, 0.25) is 0 Å². The molecule has 0 atom stereocenters. The molecule has 0 saturated heterocycles. The number of aliphatic hydroxyl groups excluding tert-OH is 1. The topological polar surface area (TPSA) is 84.5 Å². The summed E-state index contributed by atoms with van der Waals surface area (Å²) in [7, 11) is 0. The molecule has 0 aliphatic rings. The first-order valence-electron chi connectivity index (χ1n) is 8.41. The predicted octanol–water partition coefficient (Wildman–Crippen LogP) is 1.68. The van der Waals surface area contributed by atoms with E-state index in [2.05, 4.69) is 0 Å². The number of aromatic nitrogens is 2. The molecule has 1 heterocycles. The highest BCUT2D eigenvalue weighted by molar-refractivity contribution is 5.37. The third-order valence-electron chi connectivity index (χ3n) is 4.19. The number of aromatic hydroxyl groups is 1. The van der Waals surface area contributed by atoms with Gasteiger partial charge in [-0.25, -0.2) is 9.36 Å². The number of rotatable bonds is 6. The third-order valence-corrected chi connectivity index (χ3v) is 4.19. The molecule has 0 unspecified atom stereocenters. The summed E-state index contributed by atoms with van der Waals surface area (Å²) in [5, 5.41) is 19.7. The highest BCUT2D eigenvalue weighted by Crippen LogP contribution is 2.17. The molecule has 0 radical (unpaired) electrons. The van der Waals surface area contributed by atoms with Crippen molar-refractivity contribution in [2.45, 2.75) is 19.4 Å². The van der Waals surface area contributed by atoms with Crippen molar-refractivity contribution in [1.82, 2.24) is 9.13 Å². The Balaban J connectivity index is 2.23. The van der Waals surface area contributed by atoms with Gasteiger partial charge in [0, 0.05) is 19.6 Å². The summed E-state index contributed by atoms with van der Waals surface area (Å²) >= 11 is 0. The maximum atomic E-state index is 13.0. The van der Waals surface area contributed by atoms with Crippen LogP contribution in [-0.2, 0) is 13.0 Å². The first kappa shape index (κ1) is 17.7. The standard InChI is InChI=1S/C20H20N2O4/c23-13-7-12-21-18(24)17(14-15-8-3-1-4-9-15)19(25)22(20(21)26)16-10-5-2-6-11-16/h1-6,8-11,23-24H,7,12-14H2. The molecule has 134 valence electrons. The van der Waals surface area contributed by atoms with E-state index in [-0.39, 0.29) is 31.0 Å². The summed E-state index contributed by atoms with van der Waals surface area (Å²) in [5.74, 6) is -0.343. The third kappa shape index (κ3) is 3.45. The summed E-state index contributed by atoms with van der Waals surface area (Å²) in [5.41, 5.74) is 0.283. The maximum absolute atomic E-state index is 13.0. The minimum absolute atomic E-state index is 0.121. The van der Waals surface area contributed by atoms with Crippen LogP contribution in [0.15, 0.2) is 70.3 Å². The van der Waals surface area contributed by atoms with Gasteiger partial charge in [0.05, 0.1) is 11.3 Å². The van der Waals surface area contributed by atoms with E-state index in [0.29, 0.717) is 12.1 Å². The predicted molar refractivity (Wildman–Crippen MR) is 98.9 cm³/mol. The van der Waals surface area contributed by atoms with Crippen LogP contribution < -0.4 is 11.2 Å². The smallest absolute Gasteiger partial charge is 0.338 e. The monoisotopic (exact) mass is 352 g/mol. The van der Waals surface area contributed by atoms with Crippen LogP contribution in [0.25, 0.3) is 5.69 Å². The lowest BCUT2D eigenvalue weighted by Crippen LogP contribution is -2.40. The van der Waals surface area contributed by atoms with Crippen molar-refractivity contribution in [3.63, 3.8) is 0 Å². The Morgan fingerprint density at radius 1 is 0.885 bits per heavy atom. The van der Waals surface area contributed by atoms with Gasteiger partial charge >= 0.3 is 5.69 Å². The molecular formula is C20H20N2O4. The zero-order valence-corrected chi connectivity index (χ0v) is 14.2. The number of nitrogens with zero attached hydrogens (tertiary/aromatic N) is 2. The molecule has 0 saturated carbocycles. The van der Waals surface area contributed by atoms with E-state index in [1.54, 1.807) is 30.3 Å². The fraction of sp³-hybridized carbons (Fsp3) is 0.200. The number of benzene rings is 2. The highest BCUT2D eigenvalue weighted by atomic mass is 16.3. The zero-order chi connectivity index (χ0) is 18.5. The molecule has 1 aromatic heterocycles. The summed E-state index contributed by atoms with van der Waals surface area (Å²) in [6.45, 7) is 0.000429. The van der Waals surface area contributed by atoms with Crippen molar-refractivity contribution in [1.29, 1.82) is 0 Å². The van der Waals surface area contributed by atoms with E-state index >= 15 is 0 Å². The van der Waals surface area contributed by atoms with E-state index in [9.17, 15) is 14.7 Å². The SMILES string of the molecule is O=c1c(Cc2ccccc2)c(O)n(CCCO)c(=O)n1-c1ccccc1. The summed E-state index contributed by atoms with van der Waals surface area (Å²) in [4.78, 5) is 25.8. The Labute approximate surface area is 150 Å². The zero-order valence-electron chi connectivity index (χ0n) is 14.2. The van der Waals surface area contributed by atoms with Gasteiger partial charge in [0.2, 0.25) is 5.88 Å². The fourth-order valence-corrected chi connectivity index (χ4v) is 2.88. The van der Waals surface area contributed by atoms with E-state index in [1.807, 2.05) is 30.3 Å². The molecule has 2 N–H and O–H groups in total. The second-order valence-corrected chi connectivity index (χ2v) is 5.95. The summed E-state index contributed by atoms with van der Waals surface area (Å²) in [6, 6.07) is 17.9. The van der Waals surface area contributed by atoms with E-state index in [4.69, 9.17) is 5.11 Å². The van der Waals surface area contributed by atoms with E-state index in [1.165, 1.54) is 0 Å². The fourth-order valence-electron chi connectivity index (χ4n) is 2.88. The number of hydrogen-bond donors (Lipinski definition) is 2. The Hall–Kier alpha value is -3.12. The molecule has 0 fully saturated rings.